The molecular formula is C27H27FN2O3. The maximum atomic E-state index is 13.0. The Morgan fingerprint density at radius 1 is 0.909 bits per heavy atom. The molecule has 0 bridgehead atoms. The van der Waals surface area contributed by atoms with E-state index in [0.717, 1.165) is 47.6 Å². The van der Waals surface area contributed by atoms with E-state index in [1.807, 2.05) is 18.2 Å². The SMILES string of the molecule is O=c1cc(OCc2ccc(F)cc2)ccn1-c1ccc2oc(CN3CCCCCC3)cc2c1. The lowest BCUT2D eigenvalue weighted by atomic mass is 10.2. The number of benzene rings is 2. The summed E-state index contributed by atoms with van der Waals surface area (Å²) in [5.74, 6) is 1.15. The number of aromatic nitrogens is 1. The average Bonchev–Trinajstić information content (AvgIpc) is 3.03. The molecule has 0 unspecified atom stereocenters. The molecule has 0 atom stereocenters. The van der Waals surface area contributed by atoms with Crippen LogP contribution >= 0.6 is 0 Å². The van der Waals surface area contributed by atoms with Gasteiger partial charge in [-0.1, -0.05) is 25.0 Å². The molecule has 1 saturated heterocycles. The second-order valence-corrected chi connectivity index (χ2v) is 8.61. The van der Waals surface area contributed by atoms with E-state index in [1.54, 1.807) is 29.0 Å². The highest BCUT2D eigenvalue weighted by Gasteiger charge is 2.13. The smallest absolute Gasteiger partial charge is 0.258 e. The van der Waals surface area contributed by atoms with Crippen LogP contribution in [0.3, 0.4) is 0 Å². The lowest BCUT2D eigenvalue weighted by Crippen LogP contribution is -2.23. The summed E-state index contributed by atoms with van der Waals surface area (Å²) < 4.78 is 26.4. The normalized spacial score (nSPS) is 14.9. The summed E-state index contributed by atoms with van der Waals surface area (Å²) >= 11 is 0. The number of nitrogens with zero attached hydrogens (tertiary/aromatic N) is 2. The number of halogens is 1. The minimum Gasteiger partial charge on any atom is -0.489 e. The van der Waals surface area contributed by atoms with E-state index in [1.165, 1.54) is 43.9 Å². The molecule has 0 N–H and O–H groups in total. The molecule has 0 amide bonds. The van der Waals surface area contributed by atoms with E-state index >= 15 is 0 Å². The monoisotopic (exact) mass is 446 g/mol. The molecule has 1 aliphatic rings. The molecule has 0 spiro atoms. The topological polar surface area (TPSA) is 47.6 Å². The molecule has 5 rings (SSSR count). The number of pyridine rings is 1. The van der Waals surface area contributed by atoms with Crippen LogP contribution in [0, 0.1) is 5.82 Å². The van der Waals surface area contributed by atoms with Gasteiger partial charge in [-0.2, -0.15) is 0 Å². The molecule has 1 fully saturated rings. The van der Waals surface area contributed by atoms with E-state index in [9.17, 15) is 9.18 Å². The molecule has 0 radical (unpaired) electrons. The van der Waals surface area contributed by atoms with E-state index in [0.29, 0.717) is 5.75 Å². The molecule has 2 aromatic carbocycles. The highest BCUT2D eigenvalue weighted by atomic mass is 19.1. The minimum absolute atomic E-state index is 0.181. The zero-order chi connectivity index (χ0) is 22.6. The summed E-state index contributed by atoms with van der Waals surface area (Å²) in [6, 6.07) is 17.2. The molecule has 33 heavy (non-hydrogen) atoms. The lowest BCUT2D eigenvalue weighted by molar-refractivity contribution is 0.256. The van der Waals surface area contributed by atoms with Crippen LogP contribution in [0.2, 0.25) is 0 Å². The molecular weight excluding hydrogens is 419 g/mol. The van der Waals surface area contributed by atoms with Crippen molar-refractivity contribution in [1.29, 1.82) is 0 Å². The molecule has 4 aromatic rings. The van der Waals surface area contributed by atoms with Crippen molar-refractivity contribution < 1.29 is 13.5 Å². The van der Waals surface area contributed by atoms with Crippen LogP contribution in [0.25, 0.3) is 16.7 Å². The summed E-state index contributed by atoms with van der Waals surface area (Å²) in [7, 11) is 0. The molecule has 5 nitrogen and oxygen atoms in total. The van der Waals surface area contributed by atoms with Crippen LogP contribution in [0.4, 0.5) is 4.39 Å². The predicted octanol–water partition coefficient (Wildman–Crippen LogP) is 5.68. The second kappa shape index (κ2) is 9.63. The molecule has 3 heterocycles. The molecule has 170 valence electrons. The van der Waals surface area contributed by atoms with Gasteiger partial charge in [0.15, 0.2) is 0 Å². The van der Waals surface area contributed by atoms with Crippen molar-refractivity contribution in [2.75, 3.05) is 13.1 Å². The maximum absolute atomic E-state index is 13.0. The Labute approximate surface area is 192 Å². The van der Waals surface area contributed by atoms with Crippen molar-refractivity contribution in [2.24, 2.45) is 0 Å². The molecule has 2 aromatic heterocycles. The van der Waals surface area contributed by atoms with Crippen molar-refractivity contribution in [1.82, 2.24) is 9.47 Å². The van der Waals surface area contributed by atoms with Gasteiger partial charge in [0.25, 0.3) is 5.56 Å². The van der Waals surface area contributed by atoms with Gasteiger partial charge in [-0.3, -0.25) is 14.3 Å². The van der Waals surface area contributed by atoms with Crippen LogP contribution < -0.4 is 10.3 Å². The third kappa shape index (κ3) is 5.17. The largest absolute Gasteiger partial charge is 0.489 e. The third-order valence-electron chi connectivity index (χ3n) is 6.12. The van der Waals surface area contributed by atoms with E-state index < -0.39 is 0 Å². The first-order chi connectivity index (χ1) is 16.1. The summed E-state index contributed by atoms with van der Waals surface area (Å²) in [4.78, 5) is 15.2. The third-order valence-corrected chi connectivity index (χ3v) is 6.12. The Kier molecular flexibility index (Phi) is 6.26. The van der Waals surface area contributed by atoms with Crippen molar-refractivity contribution >= 4 is 11.0 Å². The van der Waals surface area contributed by atoms with Crippen molar-refractivity contribution in [3.05, 3.63) is 94.4 Å². The zero-order valence-corrected chi connectivity index (χ0v) is 18.5. The van der Waals surface area contributed by atoms with Gasteiger partial charge in [0.05, 0.1) is 6.54 Å². The molecule has 0 saturated carbocycles. The summed E-state index contributed by atoms with van der Waals surface area (Å²) in [5, 5.41) is 0.987. The van der Waals surface area contributed by atoms with Crippen LogP contribution in [0.1, 0.15) is 37.0 Å². The van der Waals surface area contributed by atoms with Gasteiger partial charge in [-0.25, -0.2) is 4.39 Å². The molecule has 6 heteroatoms. The Balaban J connectivity index is 1.30. The first-order valence-electron chi connectivity index (χ1n) is 11.5. The zero-order valence-electron chi connectivity index (χ0n) is 18.5. The number of hydrogen-bond donors (Lipinski definition) is 0. The standard InChI is InChI=1S/C27H27FN2O3/c28-22-7-5-20(6-8-22)19-32-24-11-14-30(27(31)17-24)23-9-10-26-21(15-23)16-25(33-26)18-29-12-3-1-2-4-13-29/h5-11,14-17H,1-4,12-13,18-19H2. The fraction of sp³-hybridized carbons (Fsp3) is 0.296. The highest BCUT2D eigenvalue weighted by molar-refractivity contribution is 5.80. The average molecular weight is 447 g/mol. The Bertz CT molecular complexity index is 1280. The molecule has 0 aliphatic carbocycles. The number of likely N-dealkylation sites (tertiary alicyclic amines) is 1. The van der Waals surface area contributed by atoms with Gasteiger partial charge in [-0.05, 0) is 74.0 Å². The first kappa shape index (κ1) is 21.5. The highest BCUT2D eigenvalue weighted by Crippen LogP contribution is 2.24. The Morgan fingerprint density at radius 3 is 2.45 bits per heavy atom. The maximum Gasteiger partial charge on any atom is 0.258 e. The van der Waals surface area contributed by atoms with Crippen molar-refractivity contribution in [3.63, 3.8) is 0 Å². The van der Waals surface area contributed by atoms with E-state index in [4.69, 9.17) is 9.15 Å². The van der Waals surface area contributed by atoms with Gasteiger partial charge in [-0.15, -0.1) is 0 Å². The van der Waals surface area contributed by atoms with Gasteiger partial charge < -0.3 is 9.15 Å². The molecule has 1 aliphatic heterocycles. The minimum atomic E-state index is -0.287. The number of furan rings is 1. The van der Waals surface area contributed by atoms with Crippen LogP contribution in [0.5, 0.6) is 5.75 Å². The predicted molar refractivity (Wildman–Crippen MR) is 126 cm³/mol. The Hall–Kier alpha value is -3.38. The Morgan fingerprint density at radius 2 is 1.70 bits per heavy atom. The lowest BCUT2D eigenvalue weighted by Gasteiger charge is -2.17. The summed E-state index contributed by atoms with van der Waals surface area (Å²) in [5.41, 5.74) is 2.26. The van der Waals surface area contributed by atoms with Gasteiger partial charge in [0, 0.05) is 23.3 Å². The fourth-order valence-electron chi connectivity index (χ4n) is 4.34. The number of hydrogen-bond acceptors (Lipinski definition) is 4. The van der Waals surface area contributed by atoms with E-state index in [-0.39, 0.29) is 18.0 Å². The first-order valence-corrected chi connectivity index (χ1v) is 11.5. The number of fused-ring (bicyclic) bond motifs is 1. The van der Waals surface area contributed by atoms with Crippen LogP contribution in [0.15, 0.2) is 76.1 Å². The second-order valence-electron chi connectivity index (χ2n) is 8.61. The van der Waals surface area contributed by atoms with Crippen molar-refractivity contribution in [3.8, 4) is 11.4 Å². The number of ether oxygens (including phenoxy) is 1. The van der Waals surface area contributed by atoms with Gasteiger partial charge in [0.2, 0.25) is 0 Å². The number of rotatable bonds is 6. The van der Waals surface area contributed by atoms with Gasteiger partial charge >= 0.3 is 0 Å². The van der Waals surface area contributed by atoms with E-state index in [2.05, 4.69) is 11.0 Å². The summed E-state index contributed by atoms with van der Waals surface area (Å²) in [6.07, 6.45) is 6.82. The van der Waals surface area contributed by atoms with Crippen LogP contribution in [-0.4, -0.2) is 22.6 Å². The van der Waals surface area contributed by atoms with Gasteiger partial charge in [0.1, 0.15) is 29.5 Å². The van der Waals surface area contributed by atoms with Crippen LogP contribution in [-0.2, 0) is 13.2 Å². The quantitative estimate of drug-likeness (QED) is 0.382. The fourth-order valence-corrected chi connectivity index (χ4v) is 4.34. The van der Waals surface area contributed by atoms with Crippen molar-refractivity contribution in [2.45, 2.75) is 38.8 Å². The summed E-state index contributed by atoms with van der Waals surface area (Å²) in [6.45, 7) is 3.33.